The van der Waals surface area contributed by atoms with Crippen molar-refractivity contribution in [2.24, 2.45) is 0 Å². The standard InChI is InChI=1S/C15H19F3N4/c1-9(2)11-6-13(15(16,17)18)22-14(20-11)7-12(21-22)10-4-3-5-19-8-10/h6-7,9-10,19H,3-5,8H2,1-2H3/t10-/m1/s1. The summed E-state index contributed by atoms with van der Waals surface area (Å²) in [6.45, 7) is 5.37. The molecule has 1 aliphatic heterocycles. The van der Waals surface area contributed by atoms with E-state index in [9.17, 15) is 13.2 Å². The van der Waals surface area contributed by atoms with Crippen LogP contribution in [0.25, 0.3) is 5.65 Å². The number of rotatable bonds is 2. The summed E-state index contributed by atoms with van der Waals surface area (Å²) in [5.41, 5.74) is 0.648. The fourth-order valence-corrected chi connectivity index (χ4v) is 2.81. The Morgan fingerprint density at radius 3 is 2.68 bits per heavy atom. The lowest BCUT2D eigenvalue weighted by atomic mass is 9.96. The molecule has 0 radical (unpaired) electrons. The number of hydrogen-bond donors (Lipinski definition) is 1. The fourth-order valence-electron chi connectivity index (χ4n) is 2.81. The van der Waals surface area contributed by atoms with Crippen LogP contribution in [0.1, 0.15) is 55.6 Å². The monoisotopic (exact) mass is 312 g/mol. The van der Waals surface area contributed by atoms with Crippen LogP contribution < -0.4 is 5.32 Å². The lowest BCUT2D eigenvalue weighted by molar-refractivity contribution is -0.142. The van der Waals surface area contributed by atoms with Gasteiger partial charge in [0.1, 0.15) is 5.69 Å². The summed E-state index contributed by atoms with van der Waals surface area (Å²) in [6.07, 6.45) is -2.50. The minimum Gasteiger partial charge on any atom is -0.316 e. The highest BCUT2D eigenvalue weighted by molar-refractivity contribution is 5.44. The summed E-state index contributed by atoms with van der Waals surface area (Å²) >= 11 is 0. The smallest absolute Gasteiger partial charge is 0.316 e. The Morgan fingerprint density at radius 1 is 1.32 bits per heavy atom. The first-order valence-corrected chi connectivity index (χ1v) is 7.55. The number of fused-ring (bicyclic) bond motifs is 1. The van der Waals surface area contributed by atoms with E-state index in [2.05, 4.69) is 15.4 Å². The molecule has 1 atom stereocenters. The minimum absolute atomic E-state index is 0.0687. The van der Waals surface area contributed by atoms with Crippen LogP contribution in [0.5, 0.6) is 0 Å². The molecule has 0 saturated carbocycles. The highest BCUT2D eigenvalue weighted by atomic mass is 19.4. The van der Waals surface area contributed by atoms with E-state index in [4.69, 9.17) is 0 Å². The van der Waals surface area contributed by atoms with E-state index >= 15 is 0 Å². The molecule has 2 aromatic rings. The molecule has 0 aromatic carbocycles. The van der Waals surface area contributed by atoms with Gasteiger partial charge in [-0.1, -0.05) is 13.8 Å². The second-order valence-corrected chi connectivity index (χ2v) is 6.10. The normalized spacial score (nSPS) is 20.0. The molecule has 0 amide bonds. The Labute approximate surface area is 126 Å². The number of halogens is 3. The molecule has 1 aliphatic rings. The zero-order valence-electron chi connectivity index (χ0n) is 12.6. The molecule has 22 heavy (non-hydrogen) atoms. The van der Waals surface area contributed by atoms with Gasteiger partial charge in [0.2, 0.25) is 0 Å². The summed E-state index contributed by atoms with van der Waals surface area (Å²) in [6, 6.07) is 2.80. The van der Waals surface area contributed by atoms with E-state index in [1.165, 1.54) is 0 Å². The molecule has 7 heteroatoms. The summed E-state index contributed by atoms with van der Waals surface area (Å²) in [7, 11) is 0. The zero-order valence-corrected chi connectivity index (χ0v) is 12.6. The van der Waals surface area contributed by atoms with E-state index < -0.39 is 11.9 Å². The van der Waals surface area contributed by atoms with Crippen molar-refractivity contribution < 1.29 is 13.2 Å². The molecular weight excluding hydrogens is 293 g/mol. The predicted molar refractivity (Wildman–Crippen MR) is 76.9 cm³/mol. The number of alkyl halides is 3. The van der Waals surface area contributed by atoms with Crippen molar-refractivity contribution in [3.63, 3.8) is 0 Å². The second-order valence-electron chi connectivity index (χ2n) is 6.10. The van der Waals surface area contributed by atoms with E-state index in [1.54, 1.807) is 6.07 Å². The molecule has 0 bridgehead atoms. The van der Waals surface area contributed by atoms with Crippen LogP contribution in [0.3, 0.4) is 0 Å². The van der Waals surface area contributed by atoms with Gasteiger partial charge in [0.05, 0.1) is 5.69 Å². The number of hydrogen-bond acceptors (Lipinski definition) is 3. The molecule has 4 nitrogen and oxygen atoms in total. The predicted octanol–water partition coefficient (Wildman–Crippen LogP) is 3.34. The average Bonchev–Trinajstić information content (AvgIpc) is 2.89. The van der Waals surface area contributed by atoms with Gasteiger partial charge < -0.3 is 5.32 Å². The molecule has 0 spiro atoms. The van der Waals surface area contributed by atoms with Gasteiger partial charge in [-0.3, -0.25) is 0 Å². The van der Waals surface area contributed by atoms with Gasteiger partial charge in [0.15, 0.2) is 5.65 Å². The SMILES string of the molecule is CC(C)c1cc(C(F)(F)F)n2nc([C@@H]3CCCNC3)cc2n1. The molecule has 0 aliphatic carbocycles. The maximum Gasteiger partial charge on any atom is 0.433 e. The number of nitrogens with zero attached hydrogens (tertiary/aromatic N) is 3. The Bertz CT molecular complexity index is 669. The average molecular weight is 312 g/mol. The van der Waals surface area contributed by atoms with Crippen molar-refractivity contribution in [1.29, 1.82) is 0 Å². The summed E-state index contributed by atoms with van der Waals surface area (Å²) in [5.74, 6) is 0.0832. The van der Waals surface area contributed by atoms with Gasteiger partial charge in [-0.25, -0.2) is 9.50 Å². The number of nitrogens with one attached hydrogen (secondary N) is 1. The quantitative estimate of drug-likeness (QED) is 0.925. The molecule has 3 heterocycles. The van der Waals surface area contributed by atoms with Crippen LogP contribution in [-0.4, -0.2) is 27.7 Å². The number of aromatic nitrogens is 3. The first-order chi connectivity index (χ1) is 10.4. The molecule has 0 unspecified atom stereocenters. The molecular formula is C15H19F3N4. The Balaban J connectivity index is 2.12. The largest absolute Gasteiger partial charge is 0.433 e. The Kier molecular flexibility index (Phi) is 3.84. The third kappa shape index (κ3) is 2.82. The molecule has 1 saturated heterocycles. The summed E-state index contributed by atoms with van der Waals surface area (Å²) in [4.78, 5) is 4.34. The third-order valence-electron chi connectivity index (χ3n) is 4.06. The molecule has 2 aromatic heterocycles. The molecule has 3 rings (SSSR count). The van der Waals surface area contributed by atoms with Gasteiger partial charge in [-0.05, 0) is 31.4 Å². The lowest BCUT2D eigenvalue weighted by Gasteiger charge is -2.20. The van der Waals surface area contributed by atoms with Crippen molar-refractivity contribution in [2.45, 2.75) is 44.7 Å². The van der Waals surface area contributed by atoms with Crippen LogP contribution >= 0.6 is 0 Å². The van der Waals surface area contributed by atoms with E-state index in [0.717, 1.165) is 36.5 Å². The fraction of sp³-hybridized carbons (Fsp3) is 0.600. The zero-order chi connectivity index (χ0) is 15.9. The van der Waals surface area contributed by atoms with Crippen molar-refractivity contribution in [1.82, 2.24) is 19.9 Å². The second kappa shape index (κ2) is 5.53. The van der Waals surface area contributed by atoms with E-state index in [-0.39, 0.29) is 17.5 Å². The van der Waals surface area contributed by atoms with E-state index in [0.29, 0.717) is 11.4 Å². The topological polar surface area (TPSA) is 42.2 Å². The van der Waals surface area contributed by atoms with Crippen LogP contribution in [0, 0.1) is 0 Å². The maximum absolute atomic E-state index is 13.3. The van der Waals surface area contributed by atoms with Crippen LogP contribution in [0.4, 0.5) is 13.2 Å². The van der Waals surface area contributed by atoms with Gasteiger partial charge in [-0.2, -0.15) is 18.3 Å². The highest BCUT2D eigenvalue weighted by Gasteiger charge is 2.35. The van der Waals surface area contributed by atoms with E-state index in [1.807, 2.05) is 13.8 Å². The Hall–Kier alpha value is -1.63. The number of piperidine rings is 1. The highest BCUT2D eigenvalue weighted by Crippen LogP contribution is 2.32. The lowest BCUT2D eigenvalue weighted by Crippen LogP contribution is -2.28. The van der Waals surface area contributed by atoms with Crippen molar-refractivity contribution in [3.05, 3.63) is 29.2 Å². The van der Waals surface area contributed by atoms with Crippen molar-refractivity contribution in [2.75, 3.05) is 13.1 Å². The van der Waals surface area contributed by atoms with Gasteiger partial charge >= 0.3 is 6.18 Å². The molecule has 1 fully saturated rings. The van der Waals surface area contributed by atoms with Crippen LogP contribution in [-0.2, 0) is 6.18 Å². The molecule has 120 valence electrons. The first kappa shape index (κ1) is 15.3. The minimum atomic E-state index is -4.45. The van der Waals surface area contributed by atoms with Crippen molar-refractivity contribution in [3.8, 4) is 0 Å². The maximum atomic E-state index is 13.3. The Morgan fingerprint density at radius 2 is 2.09 bits per heavy atom. The third-order valence-corrected chi connectivity index (χ3v) is 4.06. The molecule has 1 N–H and O–H groups in total. The van der Waals surface area contributed by atoms with Crippen molar-refractivity contribution >= 4 is 5.65 Å². The summed E-state index contributed by atoms with van der Waals surface area (Å²) in [5, 5.41) is 7.46. The van der Waals surface area contributed by atoms with Gasteiger partial charge in [-0.15, -0.1) is 0 Å². The first-order valence-electron chi connectivity index (χ1n) is 7.55. The summed E-state index contributed by atoms with van der Waals surface area (Å²) < 4.78 is 40.9. The van der Waals surface area contributed by atoms with Gasteiger partial charge in [0, 0.05) is 24.2 Å². The van der Waals surface area contributed by atoms with Gasteiger partial charge in [0.25, 0.3) is 0 Å². The van der Waals surface area contributed by atoms with Crippen LogP contribution in [0.2, 0.25) is 0 Å². The van der Waals surface area contributed by atoms with Crippen LogP contribution in [0.15, 0.2) is 12.1 Å².